The Bertz CT molecular complexity index is 601. The molecule has 2 aliphatic rings. The second kappa shape index (κ2) is 7.92. The van der Waals surface area contributed by atoms with Gasteiger partial charge in [-0.1, -0.05) is 6.07 Å². The van der Waals surface area contributed by atoms with Gasteiger partial charge in [-0.2, -0.15) is 0 Å². The van der Waals surface area contributed by atoms with E-state index >= 15 is 0 Å². The van der Waals surface area contributed by atoms with Crippen molar-refractivity contribution in [1.82, 2.24) is 9.62 Å². The quantitative estimate of drug-likeness (QED) is 0.453. The number of hydrogen-bond donors (Lipinski definition) is 2. The molecule has 2 N–H and O–H groups in total. The summed E-state index contributed by atoms with van der Waals surface area (Å²) < 4.78 is 2.87. The van der Waals surface area contributed by atoms with Gasteiger partial charge in [0.2, 0.25) is 6.41 Å². The van der Waals surface area contributed by atoms with Crippen LogP contribution in [0, 0.1) is 0 Å². The molecule has 0 bridgehead atoms. The van der Waals surface area contributed by atoms with Crippen molar-refractivity contribution >= 4 is 30.1 Å². The number of carbonyl (C=O) groups is 2. The molecule has 0 radical (unpaired) electrons. The molecule has 0 saturated heterocycles. The second-order valence-electron chi connectivity index (χ2n) is 6.58. The van der Waals surface area contributed by atoms with E-state index < -0.39 is 0 Å². The summed E-state index contributed by atoms with van der Waals surface area (Å²) in [6.07, 6.45) is 8.47. The van der Waals surface area contributed by atoms with Gasteiger partial charge in [-0.25, -0.2) is 4.79 Å². The number of nitrogens with one attached hydrogen (secondary N) is 2. The fourth-order valence-electron chi connectivity index (χ4n) is 3.66. The van der Waals surface area contributed by atoms with Crippen molar-refractivity contribution in [2.75, 3.05) is 24.7 Å². The van der Waals surface area contributed by atoms with E-state index in [1.54, 1.807) is 11.9 Å². The average molecular weight is 347 g/mol. The third-order valence-electron chi connectivity index (χ3n) is 4.81. The zero-order valence-electron chi connectivity index (χ0n) is 14.2. The molecule has 130 valence electrons. The molecular formula is C18H25N3O2S. The van der Waals surface area contributed by atoms with Crippen molar-refractivity contribution in [1.29, 1.82) is 0 Å². The van der Waals surface area contributed by atoms with E-state index in [-0.39, 0.29) is 6.03 Å². The number of anilines is 1. The van der Waals surface area contributed by atoms with Gasteiger partial charge in [0.1, 0.15) is 0 Å². The number of carbonyl (C=O) groups excluding carboxylic acids is 2. The number of benzene rings is 1. The molecule has 3 amide bonds. The monoisotopic (exact) mass is 347 g/mol. The Balaban J connectivity index is 1.55. The van der Waals surface area contributed by atoms with Crippen LogP contribution in [0.1, 0.15) is 41.5 Å². The maximum absolute atomic E-state index is 12.3. The molecule has 2 aliphatic carbocycles. The predicted octanol–water partition coefficient (Wildman–Crippen LogP) is 2.91. The van der Waals surface area contributed by atoms with Gasteiger partial charge >= 0.3 is 6.03 Å². The summed E-state index contributed by atoms with van der Waals surface area (Å²) in [5.41, 5.74) is 6.63. The average Bonchev–Trinajstić information content (AvgIpc) is 3.22. The normalized spacial score (nSPS) is 14.9. The molecule has 5 nitrogen and oxygen atoms in total. The molecule has 0 saturated carbocycles. The fourth-order valence-corrected chi connectivity index (χ4v) is 4.22. The van der Waals surface area contributed by atoms with Crippen LogP contribution >= 0.6 is 11.9 Å². The summed E-state index contributed by atoms with van der Waals surface area (Å²) in [4.78, 5) is 24.4. The Morgan fingerprint density at radius 1 is 1.21 bits per heavy atom. The van der Waals surface area contributed by atoms with Gasteiger partial charge < -0.3 is 10.2 Å². The molecule has 0 unspecified atom stereocenters. The van der Waals surface area contributed by atoms with E-state index in [0.717, 1.165) is 50.0 Å². The van der Waals surface area contributed by atoms with Gasteiger partial charge in [0.25, 0.3) is 0 Å². The third-order valence-corrected chi connectivity index (χ3v) is 5.64. The Morgan fingerprint density at radius 3 is 2.50 bits per heavy atom. The lowest BCUT2D eigenvalue weighted by atomic mass is 9.99. The van der Waals surface area contributed by atoms with Crippen molar-refractivity contribution in [3.05, 3.63) is 28.3 Å². The first-order valence-electron chi connectivity index (χ1n) is 8.70. The Kier molecular flexibility index (Phi) is 5.66. The Hall–Kier alpha value is -1.69. The lowest BCUT2D eigenvalue weighted by molar-refractivity contribution is -0.117. The number of urea groups is 1. The van der Waals surface area contributed by atoms with E-state index in [9.17, 15) is 9.59 Å². The van der Waals surface area contributed by atoms with Crippen molar-refractivity contribution in [2.24, 2.45) is 0 Å². The zero-order valence-corrected chi connectivity index (χ0v) is 15.0. The van der Waals surface area contributed by atoms with E-state index in [2.05, 4.69) is 16.1 Å². The molecule has 0 aromatic heterocycles. The SMILES string of the molecule is CN(C=O)CCCSNC(=O)Nc1c2c(cc3c1CCC3)CCC2. The summed E-state index contributed by atoms with van der Waals surface area (Å²) in [6, 6.07) is 2.23. The third kappa shape index (κ3) is 3.86. The smallest absolute Gasteiger partial charge is 0.329 e. The van der Waals surface area contributed by atoms with Crippen LogP contribution in [0.4, 0.5) is 10.5 Å². The van der Waals surface area contributed by atoms with Crippen LogP contribution in [0.3, 0.4) is 0 Å². The molecule has 0 heterocycles. The molecule has 1 aromatic rings. The Labute approximate surface area is 147 Å². The number of fused-ring (bicyclic) bond motifs is 2. The van der Waals surface area contributed by atoms with Crippen molar-refractivity contribution < 1.29 is 9.59 Å². The van der Waals surface area contributed by atoms with Crippen LogP contribution in [0.5, 0.6) is 0 Å². The van der Waals surface area contributed by atoms with Crippen molar-refractivity contribution in [3.8, 4) is 0 Å². The lowest BCUT2D eigenvalue weighted by Gasteiger charge is -2.16. The molecule has 0 aliphatic heterocycles. The number of nitrogens with zero attached hydrogens (tertiary/aromatic N) is 1. The largest absolute Gasteiger partial charge is 0.348 e. The molecule has 1 aromatic carbocycles. The Morgan fingerprint density at radius 2 is 1.88 bits per heavy atom. The highest BCUT2D eigenvalue weighted by Gasteiger charge is 2.24. The van der Waals surface area contributed by atoms with Crippen LogP contribution < -0.4 is 10.0 Å². The topological polar surface area (TPSA) is 61.4 Å². The van der Waals surface area contributed by atoms with E-state index in [0.29, 0.717) is 6.54 Å². The molecule has 0 fully saturated rings. The van der Waals surface area contributed by atoms with E-state index in [4.69, 9.17) is 0 Å². The van der Waals surface area contributed by atoms with Gasteiger partial charge in [-0.3, -0.25) is 9.52 Å². The highest BCUT2D eigenvalue weighted by Crippen LogP contribution is 2.38. The van der Waals surface area contributed by atoms with Crippen LogP contribution in [0.25, 0.3) is 0 Å². The van der Waals surface area contributed by atoms with E-state index in [1.165, 1.54) is 47.0 Å². The molecule has 24 heavy (non-hydrogen) atoms. The van der Waals surface area contributed by atoms with Crippen LogP contribution in [-0.4, -0.2) is 36.7 Å². The summed E-state index contributed by atoms with van der Waals surface area (Å²) in [5, 5.41) is 3.12. The summed E-state index contributed by atoms with van der Waals surface area (Å²) >= 11 is 1.40. The van der Waals surface area contributed by atoms with Gasteiger partial charge in [-0.15, -0.1) is 0 Å². The number of amides is 3. The maximum atomic E-state index is 12.3. The van der Waals surface area contributed by atoms with Gasteiger partial charge in [0.05, 0.1) is 0 Å². The molecular weight excluding hydrogens is 322 g/mol. The summed E-state index contributed by atoms with van der Waals surface area (Å²) in [7, 11) is 1.76. The van der Waals surface area contributed by atoms with Gasteiger partial charge in [0.15, 0.2) is 0 Å². The fraction of sp³-hybridized carbons (Fsp3) is 0.556. The van der Waals surface area contributed by atoms with Crippen LogP contribution in [0.2, 0.25) is 0 Å². The number of rotatable bonds is 7. The zero-order chi connectivity index (χ0) is 16.9. The highest BCUT2D eigenvalue weighted by atomic mass is 32.2. The first kappa shape index (κ1) is 17.1. The lowest BCUT2D eigenvalue weighted by Crippen LogP contribution is -2.25. The molecule has 6 heteroatoms. The standard InChI is InChI=1S/C18H25N3O2S/c1-21(12-22)9-4-10-24-20-18(23)19-17-15-7-2-5-13(15)11-14-6-3-8-16(14)17/h11-12H,2-10H2,1H3,(H2,19,20,23). The summed E-state index contributed by atoms with van der Waals surface area (Å²) in [6.45, 7) is 0.708. The number of aryl methyl sites for hydroxylation is 2. The second-order valence-corrected chi connectivity index (χ2v) is 7.48. The molecule has 3 rings (SSSR count). The maximum Gasteiger partial charge on any atom is 0.329 e. The minimum Gasteiger partial charge on any atom is -0.348 e. The van der Waals surface area contributed by atoms with Crippen molar-refractivity contribution in [2.45, 2.75) is 44.9 Å². The predicted molar refractivity (Wildman–Crippen MR) is 98.4 cm³/mol. The number of hydrogen-bond acceptors (Lipinski definition) is 3. The van der Waals surface area contributed by atoms with Crippen LogP contribution in [0.15, 0.2) is 6.07 Å². The van der Waals surface area contributed by atoms with Gasteiger partial charge in [0, 0.05) is 25.0 Å². The van der Waals surface area contributed by atoms with Crippen molar-refractivity contribution in [3.63, 3.8) is 0 Å². The highest BCUT2D eigenvalue weighted by molar-refractivity contribution is 7.97. The minimum atomic E-state index is -0.141. The van der Waals surface area contributed by atoms with Gasteiger partial charge in [-0.05, 0) is 79.1 Å². The summed E-state index contributed by atoms with van der Waals surface area (Å²) in [5.74, 6) is 0.788. The molecule has 0 spiro atoms. The van der Waals surface area contributed by atoms with Crippen LogP contribution in [-0.2, 0) is 30.5 Å². The first-order valence-corrected chi connectivity index (χ1v) is 9.68. The van der Waals surface area contributed by atoms with E-state index in [1.807, 2.05) is 0 Å². The first-order chi connectivity index (χ1) is 11.7. The molecule has 0 atom stereocenters. The minimum absolute atomic E-state index is 0.141.